The molecule has 13 heteroatoms. The summed E-state index contributed by atoms with van der Waals surface area (Å²) in [7, 11) is 1.45. The van der Waals surface area contributed by atoms with E-state index in [-0.39, 0.29) is 19.8 Å². The van der Waals surface area contributed by atoms with Crippen LogP contribution in [-0.2, 0) is 20.8 Å². The van der Waals surface area contributed by atoms with Gasteiger partial charge in [0.1, 0.15) is 11.8 Å². The van der Waals surface area contributed by atoms with Crippen LogP contribution in [0.4, 0.5) is 16.2 Å². The van der Waals surface area contributed by atoms with Crippen LogP contribution in [0.2, 0.25) is 0 Å². The largest absolute Gasteiger partial charge is 0.495 e. The minimum absolute atomic E-state index is 0.0507. The van der Waals surface area contributed by atoms with Crippen LogP contribution in [0.3, 0.4) is 0 Å². The number of para-hydroxylation sites is 1. The SMILES string of the molecule is COc1cc(CC(=O)N[C@@H](CCSC)C(=O)NC[C@@H](C(=O)O)c2ccc3c(c2)OCO3)ccc1NC(=O)Nc1ccccc1. The Kier molecular flexibility index (Phi) is 11.3. The molecular formula is C31H34N4O8S. The molecule has 12 nitrogen and oxygen atoms in total. The number of urea groups is 1. The van der Waals surface area contributed by atoms with Crippen LogP contribution < -0.4 is 35.5 Å². The number of methoxy groups -OCH3 is 1. The molecule has 2 atom stereocenters. The Morgan fingerprint density at radius 2 is 1.75 bits per heavy atom. The molecule has 4 amide bonds. The van der Waals surface area contributed by atoms with Crippen LogP contribution >= 0.6 is 11.8 Å². The summed E-state index contributed by atoms with van der Waals surface area (Å²) in [6, 6.07) is 17.4. The molecule has 3 aromatic rings. The maximum absolute atomic E-state index is 13.1. The molecule has 0 aliphatic carbocycles. The smallest absolute Gasteiger partial charge is 0.323 e. The van der Waals surface area contributed by atoms with Crippen molar-refractivity contribution in [2.24, 2.45) is 0 Å². The lowest BCUT2D eigenvalue weighted by Gasteiger charge is -2.20. The third-order valence-electron chi connectivity index (χ3n) is 6.75. The van der Waals surface area contributed by atoms with Crippen molar-refractivity contribution >= 4 is 47.0 Å². The van der Waals surface area contributed by atoms with E-state index in [0.29, 0.717) is 51.9 Å². The summed E-state index contributed by atoms with van der Waals surface area (Å²) in [6.45, 7) is -0.118. The van der Waals surface area contributed by atoms with E-state index in [2.05, 4.69) is 21.3 Å². The monoisotopic (exact) mass is 622 g/mol. The van der Waals surface area contributed by atoms with E-state index < -0.39 is 35.8 Å². The fourth-order valence-electron chi connectivity index (χ4n) is 4.49. The molecule has 0 saturated carbocycles. The zero-order valence-electron chi connectivity index (χ0n) is 24.3. The molecular weight excluding hydrogens is 588 g/mol. The minimum atomic E-state index is -1.11. The summed E-state index contributed by atoms with van der Waals surface area (Å²) in [5.41, 5.74) is 2.10. The number of hydrogen-bond acceptors (Lipinski definition) is 8. The van der Waals surface area contributed by atoms with Gasteiger partial charge < -0.3 is 40.6 Å². The van der Waals surface area contributed by atoms with Gasteiger partial charge in [-0.3, -0.25) is 14.4 Å². The molecule has 5 N–H and O–H groups in total. The number of anilines is 2. The molecule has 0 unspecified atom stereocenters. The molecule has 44 heavy (non-hydrogen) atoms. The number of thioether (sulfide) groups is 1. The minimum Gasteiger partial charge on any atom is -0.495 e. The Morgan fingerprint density at radius 3 is 2.48 bits per heavy atom. The third-order valence-corrected chi connectivity index (χ3v) is 7.39. The maximum atomic E-state index is 13.1. The van der Waals surface area contributed by atoms with Crippen LogP contribution in [0.25, 0.3) is 0 Å². The lowest BCUT2D eigenvalue weighted by atomic mass is 9.98. The summed E-state index contributed by atoms with van der Waals surface area (Å²) >= 11 is 1.52. The number of amides is 4. The highest BCUT2D eigenvalue weighted by Crippen LogP contribution is 2.34. The number of fused-ring (bicyclic) bond motifs is 1. The zero-order chi connectivity index (χ0) is 31.5. The van der Waals surface area contributed by atoms with Gasteiger partial charge in [-0.25, -0.2) is 4.79 Å². The van der Waals surface area contributed by atoms with Gasteiger partial charge in [-0.05, 0) is 66.0 Å². The number of hydrogen-bond donors (Lipinski definition) is 5. The average molecular weight is 623 g/mol. The van der Waals surface area contributed by atoms with Crippen LogP contribution in [0, 0.1) is 0 Å². The van der Waals surface area contributed by atoms with Crippen molar-refractivity contribution < 1.29 is 38.5 Å². The van der Waals surface area contributed by atoms with Gasteiger partial charge >= 0.3 is 12.0 Å². The van der Waals surface area contributed by atoms with Crippen molar-refractivity contribution in [2.45, 2.75) is 24.8 Å². The molecule has 0 fully saturated rings. The standard InChI is InChI=1S/C31H34N4O8S/c1-41-26-14-19(8-10-23(26)35-31(40)33-21-6-4-3-5-7-21)15-28(36)34-24(12-13-44-2)29(37)32-17-22(30(38)39)20-9-11-25-27(16-20)43-18-42-25/h3-11,14,16,22,24H,12-13,15,17-18H2,1-2H3,(H,32,37)(H,34,36)(H,38,39)(H2,33,35,40)/t22-,24+/m1/s1. The second kappa shape index (κ2) is 15.5. The number of aliphatic carboxylic acids is 1. The number of carbonyl (C=O) groups is 4. The molecule has 3 aromatic carbocycles. The van der Waals surface area contributed by atoms with Crippen molar-refractivity contribution in [3.63, 3.8) is 0 Å². The highest BCUT2D eigenvalue weighted by Gasteiger charge is 2.26. The summed E-state index contributed by atoms with van der Waals surface area (Å²) in [4.78, 5) is 50.6. The zero-order valence-corrected chi connectivity index (χ0v) is 25.1. The number of carboxylic acids is 1. The Labute approximate surface area is 258 Å². The Balaban J connectivity index is 1.35. The summed E-state index contributed by atoms with van der Waals surface area (Å²) in [5.74, 6) is -1.10. The maximum Gasteiger partial charge on any atom is 0.323 e. The van der Waals surface area contributed by atoms with E-state index in [1.54, 1.807) is 60.7 Å². The van der Waals surface area contributed by atoms with Gasteiger partial charge in [0, 0.05) is 12.2 Å². The topological polar surface area (TPSA) is 164 Å². The fraction of sp³-hybridized carbons (Fsp3) is 0.290. The van der Waals surface area contributed by atoms with E-state index in [4.69, 9.17) is 14.2 Å². The normalized spacial score (nSPS) is 12.9. The molecule has 0 spiro atoms. The first-order valence-electron chi connectivity index (χ1n) is 13.8. The van der Waals surface area contributed by atoms with Gasteiger partial charge in [-0.15, -0.1) is 0 Å². The highest BCUT2D eigenvalue weighted by molar-refractivity contribution is 7.98. The lowest BCUT2D eigenvalue weighted by Crippen LogP contribution is -2.48. The Bertz CT molecular complexity index is 1490. The third kappa shape index (κ3) is 8.80. The quantitative estimate of drug-likeness (QED) is 0.180. The number of carboxylic acid groups (broad SMARTS) is 1. The lowest BCUT2D eigenvalue weighted by molar-refractivity contribution is -0.139. The second-order valence-corrected chi connectivity index (χ2v) is 10.8. The van der Waals surface area contributed by atoms with E-state index >= 15 is 0 Å². The molecule has 0 saturated heterocycles. The van der Waals surface area contributed by atoms with Crippen LogP contribution in [-0.4, -0.2) is 67.4 Å². The van der Waals surface area contributed by atoms with Crippen molar-refractivity contribution in [1.29, 1.82) is 0 Å². The number of ether oxygens (including phenoxy) is 3. The fourth-order valence-corrected chi connectivity index (χ4v) is 4.97. The second-order valence-electron chi connectivity index (χ2n) is 9.81. The van der Waals surface area contributed by atoms with Gasteiger partial charge in [0.25, 0.3) is 0 Å². The van der Waals surface area contributed by atoms with Crippen molar-refractivity contribution in [1.82, 2.24) is 10.6 Å². The Morgan fingerprint density at radius 1 is 0.977 bits per heavy atom. The van der Waals surface area contributed by atoms with Crippen molar-refractivity contribution in [2.75, 3.05) is 43.1 Å². The molecule has 1 aliphatic heterocycles. The van der Waals surface area contributed by atoms with Crippen molar-refractivity contribution in [3.8, 4) is 17.2 Å². The number of nitrogens with one attached hydrogen (secondary N) is 4. The molecule has 0 aromatic heterocycles. The molecule has 4 rings (SSSR count). The van der Waals surface area contributed by atoms with E-state index in [1.165, 1.54) is 18.9 Å². The van der Waals surface area contributed by atoms with Gasteiger partial charge in [0.2, 0.25) is 18.6 Å². The first-order chi connectivity index (χ1) is 21.3. The number of rotatable bonds is 14. The summed E-state index contributed by atoms with van der Waals surface area (Å²) in [6.07, 6.45) is 2.19. The predicted molar refractivity (Wildman–Crippen MR) is 167 cm³/mol. The van der Waals surface area contributed by atoms with Crippen LogP contribution in [0.5, 0.6) is 17.2 Å². The van der Waals surface area contributed by atoms with E-state index in [9.17, 15) is 24.3 Å². The average Bonchev–Trinajstić information content (AvgIpc) is 3.48. The van der Waals surface area contributed by atoms with Gasteiger partial charge in [-0.1, -0.05) is 30.3 Å². The van der Waals surface area contributed by atoms with Crippen LogP contribution in [0.15, 0.2) is 66.7 Å². The van der Waals surface area contributed by atoms with Crippen LogP contribution in [0.1, 0.15) is 23.5 Å². The summed E-state index contributed by atoms with van der Waals surface area (Å²) < 4.78 is 16.1. The molecule has 0 radical (unpaired) electrons. The molecule has 1 heterocycles. The predicted octanol–water partition coefficient (Wildman–Crippen LogP) is 3.83. The van der Waals surface area contributed by atoms with Gasteiger partial charge in [-0.2, -0.15) is 11.8 Å². The van der Waals surface area contributed by atoms with E-state index in [0.717, 1.165) is 0 Å². The number of benzene rings is 3. The molecule has 1 aliphatic rings. The summed E-state index contributed by atoms with van der Waals surface area (Å²) in [5, 5.41) is 20.7. The first-order valence-corrected chi connectivity index (χ1v) is 15.1. The molecule has 0 bridgehead atoms. The van der Waals surface area contributed by atoms with Gasteiger partial charge in [0.05, 0.1) is 25.1 Å². The highest BCUT2D eigenvalue weighted by atomic mass is 32.2. The van der Waals surface area contributed by atoms with E-state index in [1.807, 2.05) is 12.3 Å². The molecule has 232 valence electrons. The van der Waals surface area contributed by atoms with Crippen molar-refractivity contribution in [3.05, 3.63) is 77.9 Å². The Hall–Kier alpha value is -4.91. The number of carbonyl (C=O) groups excluding carboxylic acids is 3. The first kappa shape index (κ1) is 32.0. The van der Waals surface area contributed by atoms with Gasteiger partial charge in [0.15, 0.2) is 11.5 Å².